The van der Waals surface area contributed by atoms with Crippen molar-refractivity contribution in [2.24, 2.45) is 0 Å². The zero-order valence-corrected chi connectivity index (χ0v) is 13.0. The molecule has 16 heavy (non-hydrogen) atoms. The number of rotatable bonds is 6. The first kappa shape index (κ1) is 25.6. The molecule has 0 saturated carbocycles. The van der Waals surface area contributed by atoms with Crippen molar-refractivity contribution in [2.45, 2.75) is 59.3 Å². The zero-order chi connectivity index (χ0) is 12.4. The average Bonchev–Trinajstić information content (AvgIpc) is 2.23. The van der Waals surface area contributed by atoms with Gasteiger partial charge in [0.15, 0.2) is 0 Å². The van der Waals surface area contributed by atoms with Gasteiger partial charge in [-0.2, -0.15) is 0 Å². The molecular formula is C12H27O3Sc. The molecule has 0 bridgehead atoms. The molecule has 0 aromatic heterocycles. The van der Waals surface area contributed by atoms with E-state index >= 15 is 0 Å². The molecule has 0 spiro atoms. The standard InChI is InChI=1S/3C4H9O.Sc/c3*1-2-3-4-5;/h3*2-4H2,1H3;/q3*-1;+3. The SMILES string of the molecule is CCCC[O-].CCCC[O-].CCCC[O-].[Sc+3]. The van der Waals surface area contributed by atoms with Gasteiger partial charge in [0, 0.05) is 0 Å². The third-order valence-corrected chi connectivity index (χ3v) is 1.49. The maximum Gasteiger partial charge on any atom is 3.00 e. The molecule has 0 heterocycles. The van der Waals surface area contributed by atoms with E-state index in [2.05, 4.69) is 0 Å². The Hall–Kier alpha value is 0.750. The van der Waals surface area contributed by atoms with E-state index in [1.807, 2.05) is 20.8 Å². The van der Waals surface area contributed by atoms with Crippen LogP contribution in [0.1, 0.15) is 59.3 Å². The predicted octanol–water partition coefficient (Wildman–Crippen LogP) is 0.438. The molecule has 0 amide bonds. The molecule has 0 fully saturated rings. The van der Waals surface area contributed by atoms with Crippen molar-refractivity contribution >= 4 is 0 Å². The normalized spacial score (nSPS) is 7.88. The second-order valence-corrected chi connectivity index (χ2v) is 3.17. The Morgan fingerprint density at radius 3 is 0.750 bits per heavy atom. The van der Waals surface area contributed by atoms with E-state index < -0.39 is 0 Å². The average molecular weight is 264 g/mol. The first-order valence-corrected chi connectivity index (χ1v) is 5.99. The van der Waals surface area contributed by atoms with Crippen molar-refractivity contribution in [3.63, 3.8) is 0 Å². The summed E-state index contributed by atoms with van der Waals surface area (Å²) in [6, 6.07) is 0. The van der Waals surface area contributed by atoms with Gasteiger partial charge in [-0.15, -0.1) is 19.8 Å². The molecule has 0 aromatic rings. The third kappa shape index (κ3) is 61.2. The van der Waals surface area contributed by atoms with E-state index in [9.17, 15) is 15.3 Å². The van der Waals surface area contributed by atoms with Crippen molar-refractivity contribution in [2.75, 3.05) is 19.8 Å². The van der Waals surface area contributed by atoms with Gasteiger partial charge in [0.1, 0.15) is 0 Å². The van der Waals surface area contributed by atoms with E-state index in [4.69, 9.17) is 0 Å². The van der Waals surface area contributed by atoms with Crippen molar-refractivity contribution in [3.05, 3.63) is 0 Å². The topological polar surface area (TPSA) is 69.2 Å². The van der Waals surface area contributed by atoms with E-state index in [-0.39, 0.29) is 45.7 Å². The fourth-order valence-electron chi connectivity index (χ4n) is 0.433. The quantitative estimate of drug-likeness (QED) is 0.699. The Morgan fingerprint density at radius 1 is 0.562 bits per heavy atom. The van der Waals surface area contributed by atoms with Gasteiger partial charge >= 0.3 is 25.8 Å². The molecule has 0 aliphatic rings. The van der Waals surface area contributed by atoms with E-state index in [0.29, 0.717) is 0 Å². The van der Waals surface area contributed by atoms with Crippen LogP contribution in [0, 0.1) is 0 Å². The summed E-state index contributed by atoms with van der Waals surface area (Å²) in [6.07, 6.45) is 5.59. The number of unbranched alkanes of at least 4 members (excludes halogenated alkanes) is 3. The second kappa shape index (κ2) is 36.0. The molecule has 0 aromatic carbocycles. The summed E-state index contributed by atoms with van der Waals surface area (Å²) in [5, 5.41) is 28.6. The molecule has 4 heteroatoms. The minimum Gasteiger partial charge on any atom is -0.854 e. The zero-order valence-electron chi connectivity index (χ0n) is 11.2. The van der Waals surface area contributed by atoms with Crippen LogP contribution in [0.25, 0.3) is 0 Å². The summed E-state index contributed by atoms with van der Waals surface area (Å²) in [4.78, 5) is 0. The van der Waals surface area contributed by atoms with Crippen LogP contribution >= 0.6 is 0 Å². The molecular weight excluding hydrogens is 237 g/mol. The first-order chi connectivity index (χ1) is 7.24. The summed E-state index contributed by atoms with van der Waals surface area (Å²) in [6.45, 7) is 6.32. The van der Waals surface area contributed by atoms with Gasteiger partial charge < -0.3 is 15.3 Å². The molecule has 0 saturated heterocycles. The van der Waals surface area contributed by atoms with E-state index in [1.54, 1.807) is 0 Å². The van der Waals surface area contributed by atoms with Gasteiger partial charge in [0.05, 0.1) is 0 Å². The summed E-state index contributed by atoms with van der Waals surface area (Å²) in [5.74, 6) is 0. The molecule has 0 unspecified atom stereocenters. The smallest absolute Gasteiger partial charge is 0.854 e. The molecule has 0 rings (SSSR count). The minimum atomic E-state index is 0. The fraction of sp³-hybridized carbons (Fsp3) is 1.00. The Balaban J connectivity index is -0.0000000655. The van der Waals surface area contributed by atoms with E-state index in [1.165, 1.54) is 0 Å². The van der Waals surface area contributed by atoms with Crippen molar-refractivity contribution in [1.29, 1.82) is 0 Å². The maximum absolute atomic E-state index is 9.53. The summed E-state index contributed by atoms with van der Waals surface area (Å²) in [5.41, 5.74) is 0. The van der Waals surface area contributed by atoms with Crippen LogP contribution in [0.4, 0.5) is 0 Å². The largest absolute Gasteiger partial charge is 3.00 e. The van der Waals surface area contributed by atoms with Crippen LogP contribution in [0.5, 0.6) is 0 Å². The van der Waals surface area contributed by atoms with Gasteiger partial charge in [-0.3, -0.25) is 0 Å². The fourth-order valence-corrected chi connectivity index (χ4v) is 0.433. The molecule has 0 radical (unpaired) electrons. The molecule has 0 N–H and O–H groups in total. The molecule has 3 nitrogen and oxygen atoms in total. The summed E-state index contributed by atoms with van der Waals surface area (Å²) in [7, 11) is 0. The van der Waals surface area contributed by atoms with Crippen LogP contribution in [-0.2, 0) is 25.8 Å². The molecule has 0 atom stereocenters. The number of hydrogen-bond donors (Lipinski definition) is 0. The second-order valence-electron chi connectivity index (χ2n) is 3.17. The van der Waals surface area contributed by atoms with Crippen LogP contribution in [0.2, 0.25) is 0 Å². The van der Waals surface area contributed by atoms with Crippen LogP contribution in [0.15, 0.2) is 0 Å². The van der Waals surface area contributed by atoms with Crippen molar-refractivity contribution in [3.8, 4) is 0 Å². The van der Waals surface area contributed by atoms with Gasteiger partial charge in [-0.1, -0.05) is 59.3 Å². The third-order valence-electron chi connectivity index (χ3n) is 1.49. The predicted molar refractivity (Wildman–Crippen MR) is 59.3 cm³/mol. The Morgan fingerprint density at radius 2 is 0.750 bits per heavy atom. The van der Waals surface area contributed by atoms with Gasteiger partial charge in [-0.05, 0) is 0 Å². The monoisotopic (exact) mass is 264 g/mol. The van der Waals surface area contributed by atoms with Crippen molar-refractivity contribution in [1.82, 2.24) is 0 Å². The molecule has 0 aliphatic carbocycles. The minimum absolute atomic E-state index is 0. The van der Waals surface area contributed by atoms with Gasteiger partial charge in [0.25, 0.3) is 0 Å². The molecule has 96 valence electrons. The van der Waals surface area contributed by atoms with Crippen LogP contribution < -0.4 is 15.3 Å². The van der Waals surface area contributed by atoms with Crippen LogP contribution in [0.3, 0.4) is 0 Å². The van der Waals surface area contributed by atoms with Gasteiger partial charge in [-0.25, -0.2) is 0 Å². The first-order valence-electron chi connectivity index (χ1n) is 5.99. The van der Waals surface area contributed by atoms with Gasteiger partial charge in [0.2, 0.25) is 0 Å². The Kier molecular flexibility index (Phi) is 57.6. The van der Waals surface area contributed by atoms with Crippen LogP contribution in [-0.4, -0.2) is 19.8 Å². The molecule has 0 aliphatic heterocycles. The summed E-state index contributed by atoms with van der Waals surface area (Å²) < 4.78 is 0. The Bertz CT molecular complexity index is 53.0. The number of hydrogen-bond acceptors (Lipinski definition) is 3. The summed E-state index contributed by atoms with van der Waals surface area (Å²) >= 11 is 0. The van der Waals surface area contributed by atoms with Crippen molar-refractivity contribution < 1.29 is 41.2 Å². The van der Waals surface area contributed by atoms with E-state index in [0.717, 1.165) is 38.5 Å². The maximum atomic E-state index is 9.53. The Labute approximate surface area is 120 Å².